The van der Waals surface area contributed by atoms with Crippen LogP contribution in [0.3, 0.4) is 0 Å². The van der Waals surface area contributed by atoms with Crippen molar-refractivity contribution in [1.29, 1.82) is 0 Å². The van der Waals surface area contributed by atoms with Gasteiger partial charge in [-0.25, -0.2) is 0 Å². The summed E-state index contributed by atoms with van der Waals surface area (Å²) in [5.74, 6) is 1.11. The summed E-state index contributed by atoms with van der Waals surface area (Å²) in [6, 6.07) is 0. The predicted molar refractivity (Wildman–Crippen MR) is 51.6 cm³/mol. The topological polar surface area (TPSA) is 34.1 Å². The molecule has 2 saturated carbocycles. The van der Waals surface area contributed by atoms with Gasteiger partial charge in [0.05, 0.1) is 0 Å². The van der Waals surface area contributed by atoms with Crippen molar-refractivity contribution in [2.45, 2.75) is 25.7 Å². The van der Waals surface area contributed by atoms with Crippen LogP contribution in [0.5, 0.6) is 0 Å². The van der Waals surface area contributed by atoms with Gasteiger partial charge >= 0.3 is 0 Å². The van der Waals surface area contributed by atoms with Crippen molar-refractivity contribution in [3.63, 3.8) is 0 Å². The third kappa shape index (κ3) is 0.915. The van der Waals surface area contributed by atoms with Gasteiger partial charge in [0, 0.05) is 24.2 Å². The molecule has 2 heteroatoms. The van der Waals surface area contributed by atoms with E-state index in [-0.39, 0.29) is 17.8 Å². The minimum atomic E-state index is -0.0457. The van der Waals surface area contributed by atoms with E-state index < -0.39 is 0 Å². The first-order valence-electron chi connectivity index (χ1n) is 5.54. The van der Waals surface area contributed by atoms with Crippen molar-refractivity contribution in [1.82, 2.24) is 0 Å². The van der Waals surface area contributed by atoms with E-state index in [0.717, 1.165) is 19.3 Å². The molecule has 0 aromatic carbocycles. The summed E-state index contributed by atoms with van der Waals surface area (Å²) in [7, 11) is 0. The van der Waals surface area contributed by atoms with Gasteiger partial charge in [-0.3, -0.25) is 9.59 Å². The Balaban J connectivity index is 2.00. The summed E-state index contributed by atoms with van der Waals surface area (Å²) in [6.07, 6.45) is 7.93. The van der Waals surface area contributed by atoms with Crippen LogP contribution in [-0.2, 0) is 9.59 Å². The Bertz CT molecular complexity index is 329. The predicted octanol–water partition coefficient (Wildman–Crippen LogP) is 1.75. The van der Waals surface area contributed by atoms with Crippen molar-refractivity contribution in [3.8, 4) is 0 Å². The third-order valence-electron chi connectivity index (χ3n) is 4.07. The minimum absolute atomic E-state index is 0.0457. The molecule has 0 radical (unpaired) electrons. The molecule has 0 N–H and O–H groups in total. The fourth-order valence-corrected chi connectivity index (χ4v) is 3.44. The van der Waals surface area contributed by atoms with E-state index >= 15 is 0 Å². The van der Waals surface area contributed by atoms with Crippen LogP contribution in [0.25, 0.3) is 0 Å². The first kappa shape index (κ1) is 8.39. The second kappa shape index (κ2) is 2.78. The highest BCUT2D eigenvalue weighted by atomic mass is 16.1. The number of rotatable bonds is 0. The van der Waals surface area contributed by atoms with Crippen LogP contribution < -0.4 is 0 Å². The van der Waals surface area contributed by atoms with E-state index in [1.54, 1.807) is 0 Å². The second-order valence-corrected chi connectivity index (χ2v) is 4.74. The van der Waals surface area contributed by atoms with E-state index in [2.05, 4.69) is 0 Å². The molecule has 4 atom stereocenters. The van der Waals surface area contributed by atoms with E-state index in [1.807, 2.05) is 12.2 Å². The van der Waals surface area contributed by atoms with Crippen LogP contribution in [0.4, 0.5) is 0 Å². The number of hydrogen-bond acceptors (Lipinski definition) is 2. The van der Waals surface area contributed by atoms with Crippen LogP contribution in [0.2, 0.25) is 0 Å². The monoisotopic (exact) mass is 190 g/mol. The fourth-order valence-electron chi connectivity index (χ4n) is 3.44. The lowest BCUT2D eigenvalue weighted by Crippen LogP contribution is -2.25. The molecule has 0 spiro atoms. The lowest BCUT2D eigenvalue weighted by atomic mass is 9.79. The zero-order valence-electron chi connectivity index (χ0n) is 8.11. The normalized spacial score (nSPS) is 45.4. The van der Waals surface area contributed by atoms with Gasteiger partial charge in [0.1, 0.15) is 11.6 Å². The largest absolute Gasteiger partial charge is 0.299 e. The number of Topliss-reactive ketones (excluding diaryl/α,β-unsaturated/α-hetero) is 2. The van der Waals surface area contributed by atoms with E-state index in [1.165, 1.54) is 0 Å². The number of carbonyl (C=O) groups excluding carboxylic acids is 2. The molecule has 0 saturated heterocycles. The molecule has 2 bridgehead atoms. The first-order valence-corrected chi connectivity index (χ1v) is 5.54. The third-order valence-corrected chi connectivity index (χ3v) is 4.07. The Kier molecular flexibility index (Phi) is 1.67. The average molecular weight is 190 g/mol. The van der Waals surface area contributed by atoms with Gasteiger partial charge in [-0.1, -0.05) is 18.6 Å². The Morgan fingerprint density at radius 3 is 2.71 bits per heavy atom. The number of ketones is 2. The maximum atomic E-state index is 11.8. The smallest absolute Gasteiger partial charge is 0.147 e. The van der Waals surface area contributed by atoms with Crippen molar-refractivity contribution >= 4 is 11.6 Å². The molecule has 0 aromatic rings. The molecular formula is C12H14O2. The molecule has 0 aromatic heterocycles. The highest BCUT2D eigenvalue weighted by Crippen LogP contribution is 2.49. The number of allylic oxidation sites excluding steroid dienone is 2. The molecule has 0 amide bonds. The molecule has 3 aliphatic rings. The number of hydrogen-bond donors (Lipinski definition) is 0. The molecule has 2 fully saturated rings. The highest BCUT2D eigenvalue weighted by molar-refractivity contribution is 5.99. The highest BCUT2D eigenvalue weighted by Gasteiger charge is 2.53. The summed E-state index contributed by atoms with van der Waals surface area (Å²) in [5, 5.41) is 0. The summed E-state index contributed by atoms with van der Waals surface area (Å²) in [4.78, 5) is 23.6. The second-order valence-electron chi connectivity index (χ2n) is 4.74. The summed E-state index contributed by atoms with van der Waals surface area (Å²) < 4.78 is 0. The molecule has 3 rings (SSSR count). The van der Waals surface area contributed by atoms with Crippen LogP contribution in [0.15, 0.2) is 12.2 Å². The molecule has 2 nitrogen and oxygen atoms in total. The maximum absolute atomic E-state index is 11.8. The van der Waals surface area contributed by atoms with Gasteiger partial charge in [0.15, 0.2) is 0 Å². The van der Waals surface area contributed by atoms with Gasteiger partial charge < -0.3 is 0 Å². The number of carbonyl (C=O) groups is 2. The molecule has 74 valence electrons. The lowest BCUT2D eigenvalue weighted by Gasteiger charge is -2.22. The SMILES string of the molecule is O=C1C2C=CC1C1C(=O)CCCCC21. The molecular weight excluding hydrogens is 176 g/mol. The Labute approximate surface area is 83.4 Å². The van der Waals surface area contributed by atoms with E-state index in [0.29, 0.717) is 23.9 Å². The average Bonchev–Trinajstić information content (AvgIpc) is 2.57. The van der Waals surface area contributed by atoms with Crippen molar-refractivity contribution in [2.75, 3.05) is 0 Å². The van der Waals surface area contributed by atoms with Crippen LogP contribution >= 0.6 is 0 Å². The molecule has 4 unspecified atom stereocenters. The molecule has 0 aliphatic heterocycles. The quantitative estimate of drug-likeness (QED) is 0.545. The zero-order valence-corrected chi connectivity index (χ0v) is 8.11. The summed E-state index contributed by atoms with van der Waals surface area (Å²) >= 11 is 0. The fraction of sp³-hybridized carbons (Fsp3) is 0.667. The van der Waals surface area contributed by atoms with E-state index in [4.69, 9.17) is 0 Å². The van der Waals surface area contributed by atoms with Crippen molar-refractivity contribution < 1.29 is 9.59 Å². The van der Waals surface area contributed by atoms with Crippen molar-refractivity contribution in [3.05, 3.63) is 12.2 Å². The Morgan fingerprint density at radius 1 is 1.07 bits per heavy atom. The van der Waals surface area contributed by atoms with E-state index in [9.17, 15) is 9.59 Å². The minimum Gasteiger partial charge on any atom is -0.299 e. The lowest BCUT2D eigenvalue weighted by molar-refractivity contribution is -0.127. The van der Waals surface area contributed by atoms with Gasteiger partial charge in [0.2, 0.25) is 0 Å². The molecule has 3 aliphatic carbocycles. The zero-order chi connectivity index (χ0) is 9.71. The van der Waals surface area contributed by atoms with Crippen LogP contribution in [0, 0.1) is 23.7 Å². The summed E-state index contributed by atoms with van der Waals surface area (Å²) in [5.41, 5.74) is 0. The Hall–Kier alpha value is -0.920. The standard InChI is InChI=1S/C12H14O2/c13-10-4-2-1-3-7-8-5-6-9(11(7)10)12(8)14/h5-9,11H,1-4H2. The van der Waals surface area contributed by atoms with Crippen LogP contribution in [0.1, 0.15) is 25.7 Å². The first-order chi connectivity index (χ1) is 6.79. The van der Waals surface area contributed by atoms with Crippen molar-refractivity contribution in [2.24, 2.45) is 23.7 Å². The molecule has 14 heavy (non-hydrogen) atoms. The number of fused-ring (bicyclic) bond motifs is 5. The van der Waals surface area contributed by atoms with Crippen LogP contribution in [-0.4, -0.2) is 11.6 Å². The maximum Gasteiger partial charge on any atom is 0.147 e. The van der Waals surface area contributed by atoms with Gasteiger partial charge in [-0.05, 0) is 18.8 Å². The Morgan fingerprint density at radius 2 is 1.86 bits per heavy atom. The summed E-state index contributed by atoms with van der Waals surface area (Å²) in [6.45, 7) is 0. The van der Waals surface area contributed by atoms with Gasteiger partial charge in [-0.2, -0.15) is 0 Å². The molecule has 0 heterocycles. The van der Waals surface area contributed by atoms with Gasteiger partial charge in [0.25, 0.3) is 0 Å². The van der Waals surface area contributed by atoms with Gasteiger partial charge in [-0.15, -0.1) is 0 Å².